The molecule has 0 aliphatic carbocycles. The van der Waals surface area contributed by atoms with Gasteiger partial charge in [-0.2, -0.15) is 0 Å². The Labute approximate surface area is 127 Å². The summed E-state index contributed by atoms with van der Waals surface area (Å²) in [4.78, 5) is 0.850. The second kappa shape index (κ2) is 7.04. The molecule has 114 valence electrons. The first-order valence-electron chi connectivity index (χ1n) is 7.05. The molecule has 0 spiro atoms. The maximum atomic E-state index is 14.1. The van der Waals surface area contributed by atoms with E-state index in [9.17, 15) is 8.78 Å². The lowest BCUT2D eigenvalue weighted by Gasteiger charge is -2.20. The van der Waals surface area contributed by atoms with Crippen molar-refractivity contribution in [2.75, 3.05) is 6.54 Å². The van der Waals surface area contributed by atoms with Crippen LogP contribution in [-0.4, -0.2) is 16.1 Å². The van der Waals surface area contributed by atoms with Crippen LogP contribution in [0.1, 0.15) is 55.3 Å². The summed E-state index contributed by atoms with van der Waals surface area (Å²) in [5.41, 5.74) is 1.13. The predicted octanol–water partition coefficient (Wildman–Crippen LogP) is 4.03. The summed E-state index contributed by atoms with van der Waals surface area (Å²) in [6, 6.07) is 3.11. The van der Waals surface area contributed by atoms with Crippen LogP contribution >= 0.6 is 11.5 Å². The maximum absolute atomic E-state index is 14.1. The third-order valence-corrected chi connectivity index (χ3v) is 4.02. The average molecular weight is 311 g/mol. The smallest absolute Gasteiger partial charge is 0.128 e. The van der Waals surface area contributed by atoms with Gasteiger partial charge in [0.2, 0.25) is 0 Å². The van der Waals surface area contributed by atoms with Gasteiger partial charge in [0.1, 0.15) is 11.6 Å². The Hall–Kier alpha value is -1.40. The summed E-state index contributed by atoms with van der Waals surface area (Å²) in [5.74, 6) is -0.687. The Kier molecular flexibility index (Phi) is 5.36. The van der Waals surface area contributed by atoms with Crippen molar-refractivity contribution in [2.24, 2.45) is 0 Å². The quantitative estimate of drug-likeness (QED) is 0.875. The van der Waals surface area contributed by atoms with Crippen LogP contribution in [0.3, 0.4) is 0 Å². The van der Waals surface area contributed by atoms with E-state index < -0.39 is 17.7 Å². The average Bonchev–Trinajstić information content (AvgIpc) is 2.92. The zero-order valence-electron chi connectivity index (χ0n) is 12.4. The number of halogens is 2. The van der Waals surface area contributed by atoms with Crippen molar-refractivity contribution in [3.8, 4) is 0 Å². The molecule has 21 heavy (non-hydrogen) atoms. The molecular weight excluding hydrogens is 292 g/mol. The zero-order chi connectivity index (χ0) is 15.4. The lowest BCUT2D eigenvalue weighted by atomic mass is 9.99. The van der Waals surface area contributed by atoms with Gasteiger partial charge in [0.05, 0.1) is 16.6 Å². The lowest BCUT2D eigenvalue weighted by molar-refractivity contribution is 0.535. The second-order valence-electron chi connectivity index (χ2n) is 5.23. The fourth-order valence-corrected chi connectivity index (χ4v) is 3.08. The highest BCUT2D eigenvalue weighted by Gasteiger charge is 2.25. The van der Waals surface area contributed by atoms with Gasteiger partial charge in [-0.05, 0) is 48.6 Å². The molecule has 0 aliphatic rings. The summed E-state index contributed by atoms with van der Waals surface area (Å²) in [7, 11) is 0. The summed E-state index contributed by atoms with van der Waals surface area (Å²) in [6.45, 7) is 6.76. The Balaban J connectivity index is 2.47. The SMILES string of the molecule is CCCNC(c1cc(F)ccc1F)c1snnc1C(C)C. The van der Waals surface area contributed by atoms with Gasteiger partial charge in [-0.1, -0.05) is 25.3 Å². The van der Waals surface area contributed by atoms with Gasteiger partial charge in [-0.3, -0.25) is 0 Å². The number of hydrogen-bond donors (Lipinski definition) is 1. The molecule has 2 aromatic rings. The number of aromatic nitrogens is 2. The molecule has 3 nitrogen and oxygen atoms in total. The van der Waals surface area contributed by atoms with E-state index in [0.717, 1.165) is 29.1 Å². The Morgan fingerprint density at radius 3 is 2.71 bits per heavy atom. The minimum Gasteiger partial charge on any atom is -0.305 e. The van der Waals surface area contributed by atoms with E-state index in [0.29, 0.717) is 12.1 Å². The van der Waals surface area contributed by atoms with Crippen LogP contribution < -0.4 is 5.32 Å². The van der Waals surface area contributed by atoms with Crippen molar-refractivity contribution < 1.29 is 8.78 Å². The standard InChI is InChI=1S/C15H19F2N3S/c1-4-7-18-14(11-8-10(16)5-6-12(11)17)15-13(9(2)3)19-20-21-15/h5-6,8-9,14,18H,4,7H2,1-3H3. The molecule has 2 rings (SSSR count). The molecular formula is C15H19F2N3S. The van der Waals surface area contributed by atoms with Crippen molar-refractivity contribution in [2.45, 2.75) is 39.2 Å². The topological polar surface area (TPSA) is 37.8 Å². The summed E-state index contributed by atoms with van der Waals surface area (Å²) < 4.78 is 31.6. The number of nitrogens with zero attached hydrogens (tertiary/aromatic N) is 2. The molecule has 0 fully saturated rings. The molecule has 0 radical (unpaired) electrons. The first-order valence-corrected chi connectivity index (χ1v) is 7.82. The van der Waals surface area contributed by atoms with Crippen LogP contribution in [0.15, 0.2) is 18.2 Å². The molecule has 1 aromatic heterocycles. The van der Waals surface area contributed by atoms with Crippen LogP contribution in [0.5, 0.6) is 0 Å². The normalized spacial score (nSPS) is 12.9. The molecule has 1 aromatic carbocycles. The first-order chi connectivity index (χ1) is 10.0. The fourth-order valence-electron chi connectivity index (χ4n) is 2.17. The van der Waals surface area contributed by atoms with Gasteiger partial charge >= 0.3 is 0 Å². The molecule has 6 heteroatoms. The van der Waals surface area contributed by atoms with Crippen molar-refractivity contribution >= 4 is 11.5 Å². The Morgan fingerprint density at radius 2 is 2.05 bits per heavy atom. The zero-order valence-corrected chi connectivity index (χ0v) is 13.2. The van der Waals surface area contributed by atoms with Crippen LogP contribution in [0.2, 0.25) is 0 Å². The Morgan fingerprint density at radius 1 is 1.29 bits per heavy atom. The van der Waals surface area contributed by atoms with E-state index in [2.05, 4.69) is 14.9 Å². The molecule has 1 heterocycles. The van der Waals surface area contributed by atoms with Crippen LogP contribution in [0, 0.1) is 11.6 Å². The molecule has 0 aliphatic heterocycles. The number of hydrogen-bond acceptors (Lipinski definition) is 4. The van der Waals surface area contributed by atoms with Gasteiger partial charge < -0.3 is 5.32 Å². The number of benzene rings is 1. The molecule has 0 amide bonds. The minimum atomic E-state index is -0.446. The molecule has 0 bridgehead atoms. The fraction of sp³-hybridized carbons (Fsp3) is 0.467. The first kappa shape index (κ1) is 16.0. The number of nitrogens with one attached hydrogen (secondary N) is 1. The van der Waals surface area contributed by atoms with E-state index in [1.807, 2.05) is 20.8 Å². The number of rotatable bonds is 6. The highest BCUT2D eigenvalue weighted by molar-refractivity contribution is 7.05. The second-order valence-corrected chi connectivity index (χ2v) is 6.02. The maximum Gasteiger partial charge on any atom is 0.128 e. The van der Waals surface area contributed by atoms with E-state index in [-0.39, 0.29) is 5.92 Å². The van der Waals surface area contributed by atoms with Crippen LogP contribution in [0.4, 0.5) is 8.78 Å². The van der Waals surface area contributed by atoms with E-state index in [1.165, 1.54) is 17.6 Å². The molecule has 0 saturated heterocycles. The summed E-state index contributed by atoms with van der Waals surface area (Å²) in [6.07, 6.45) is 0.899. The summed E-state index contributed by atoms with van der Waals surface area (Å²) >= 11 is 1.23. The largest absolute Gasteiger partial charge is 0.305 e. The summed E-state index contributed by atoms with van der Waals surface area (Å²) in [5, 5.41) is 7.41. The predicted molar refractivity (Wildman–Crippen MR) is 80.5 cm³/mol. The molecule has 1 N–H and O–H groups in total. The van der Waals surface area contributed by atoms with E-state index in [4.69, 9.17) is 0 Å². The van der Waals surface area contributed by atoms with Crippen LogP contribution in [0.25, 0.3) is 0 Å². The van der Waals surface area contributed by atoms with Crippen molar-refractivity contribution in [1.82, 2.24) is 14.9 Å². The van der Waals surface area contributed by atoms with Gasteiger partial charge in [-0.15, -0.1) is 5.10 Å². The highest BCUT2D eigenvalue weighted by atomic mass is 32.1. The molecule has 1 unspecified atom stereocenters. The van der Waals surface area contributed by atoms with Gasteiger partial charge in [0.25, 0.3) is 0 Å². The van der Waals surface area contributed by atoms with E-state index in [1.54, 1.807) is 0 Å². The third kappa shape index (κ3) is 3.63. The van der Waals surface area contributed by atoms with Crippen LogP contribution in [-0.2, 0) is 0 Å². The van der Waals surface area contributed by atoms with E-state index >= 15 is 0 Å². The molecule has 1 atom stereocenters. The lowest BCUT2D eigenvalue weighted by Crippen LogP contribution is -2.24. The monoisotopic (exact) mass is 311 g/mol. The van der Waals surface area contributed by atoms with Gasteiger partial charge in [0.15, 0.2) is 0 Å². The van der Waals surface area contributed by atoms with Crippen molar-refractivity contribution in [3.05, 3.63) is 46.0 Å². The third-order valence-electron chi connectivity index (χ3n) is 3.22. The molecule has 0 saturated carbocycles. The van der Waals surface area contributed by atoms with Gasteiger partial charge in [-0.25, -0.2) is 8.78 Å². The minimum absolute atomic E-state index is 0.182. The highest BCUT2D eigenvalue weighted by Crippen LogP contribution is 2.32. The van der Waals surface area contributed by atoms with Gasteiger partial charge in [0, 0.05) is 5.56 Å². The Bertz CT molecular complexity index is 598. The van der Waals surface area contributed by atoms with Crippen molar-refractivity contribution in [1.29, 1.82) is 0 Å². The van der Waals surface area contributed by atoms with Crippen molar-refractivity contribution in [3.63, 3.8) is 0 Å².